The maximum atomic E-state index is 2.50. The van der Waals surface area contributed by atoms with Gasteiger partial charge in [0, 0.05) is 12.0 Å². The summed E-state index contributed by atoms with van der Waals surface area (Å²) in [6.07, 6.45) is 8.53. The van der Waals surface area contributed by atoms with Crippen molar-refractivity contribution < 1.29 is 4.58 Å². The van der Waals surface area contributed by atoms with Crippen LogP contribution in [0.3, 0.4) is 0 Å². The van der Waals surface area contributed by atoms with E-state index in [1.165, 1.54) is 48.1 Å². The fourth-order valence-corrected chi connectivity index (χ4v) is 3.69. The van der Waals surface area contributed by atoms with Crippen LogP contribution >= 0.6 is 0 Å². The van der Waals surface area contributed by atoms with Crippen LogP contribution < -0.4 is 0 Å². The Kier molecular flexibility index (Phi) is 7.02. The van der Waals surface area contributed by atoms with Crippen molar-refractivity contribution in [2.24, 2.45) is 0 Å². The second kappa shape index (κ2) is 9.68. The lowest BCUT2D eigenvalue weighted by molar-refractivity contribution is -0.524. The van der Waals surface area contributed by atoms with E-state index in [9.17, 15) is 0 Å². The number of rotatable bonds is 9. The Bertz CT molecular complexity index is 718. The van der Waals surface area contributed by atoms with E-state index in [2.05, 4.69) is 78.2 Å². The minimum absolute atomic E-state index is 1.03. The van der Waals surface area contributed by atoms with Crippen molar-refractivity contribution in [1.82, 2.24) is 4.90 Å². The lowest BCUT2D eigenvalue weighted by Gasteiger charge is -2.18. The Balaban J connectivity index is 1.56. The minimum Gasteiger partial charge on any atom is -0.300 e. The van der Waals surface area contributed by atoms with E-state index in [4.69, 9.17) is 0 Å². The molecule has 1 aliphatic heterocycles. The van der Waals surface area contributed by atoms with Crippen LogP contribution in [-0.4, -0.2) is 48.9 Å². The summed E-state index contributed by atoms with van der Waals surface area (Å²) in [6.45, 7) is 6.92. The van der Waals surface area contributed by atoms with E-state index >= 15 is 0 Å². The monoisotopic (exact) mass is 349 g/mol. The lowest BCUT2D eigenvalue weighted by atomic mass is 9.96. The number of benzene rings is 2. The van der Waals surface area contributed by atoms with E-state index in [0.29, 0.717) is 0 Å². The first kappa shape index (κ1) is 18.8. The summed E-state index contributed by atoms with van der Waals surface area (Å²) < 4.78 is 2.50. The molecular formula is C24H33N2+. The van der Waals surface area contributed by atoms with Crippen LogP contribution in [0.4, 0.5) is 0 Å². The molecule has 26 heavy (non-hydrogen) atoms. The Morgan fingerprint density at radius 1 is 0.962 bits per heavy atom. The highest BCUT2D eigenvalue weighted by molar-refractivity contribution is 5.79. The molecule has 0 saturated heterocycles. The SMILES string of the molecule is CCCCCN(C)CC[N+]1=Cc2ccc(Cc3ccccc3)cc2CC1. The third kappa shape index (κ3) is 5.54. The molecule has 2 nitrogen and oxygen atoms in total. The fourth-order valence-electron chi connectivity index (χ4n) is 3.69. The Morgan fingerprint density at radius 3 is 2.62 bits per heavy atom. The normalized spacial score (nSPS) is 13.6. The van der Waals surface area contributed by atoms with Crippen molar-refractivity contribution in [1.29, 1.82) is 0 Å². The van der Waals surface area contributed by atoms with Gasteiger partial charge in [0.1, 0.15) is 6.54 Å². The van der Waals surface area contributed by atoms with Crippen LogP contribution in [0.25, 0.3) is 0 Å². The van der Waals surface area contributed by atoms with E-state index in [1.54, 1.807) is 0 Å². The molecule has 0 aromatic heterocycles. The summed E-state index contributed by atoms with van der Waals surface area (Å²) in [5.74, 6) is 0. The van der Waals surface area contributed by atoms with E-state index in [1.807, 2.05) is 0 Å². The van der Waals surface area contributed by atoms with Crippen molar-refractivity contribution in [2.45, 2.75) is 39.0 Å². The molecule has 0 bridgehead atoms. The molecule has 0 atom stereocenters. The average molecular weight is 350 g/mol. The standard InChI is InChI=1S/C24H33N2/c1-3-4-8-14-25(2)16-17-26-15-13-23-19-22(11-12-24(23)20-26)18-21-9-6-5-7-10-21/h5-7,9-12,19-20H,3-4,8,13-18H2,1-2H3/q+1. The second-order valence-electron chi connectivity index (χ2n) is 7.62. The van der Waals surface area contributed by atoms with Gasteiger partial charge in [-0.2, -0.15) is 0 Å². The highest BCUT2D eigenvalue weighted by atomic mass is 15.1. The number of unbranched alkanes of at least 4 members (excludes halogenated alkanes) is 2. The van der Waals surface area contributed by atoms with Crippen LogP contribution in [0.15, 0.2) is 48.5 Å². The van der Waals surface area contributed by atoms with E-state index in [0.717, 1.165) is 32.5 Å². The molecule has 0 spiro atoms. The molecule has 2 heteroatoms. The molecule has 2 aromatic rings. The summed E-state index contributed by atoms with van der Waals surface area (Å²) >= 11 is 0. The third-order valence-electron chi connectivity index (χ3n) is 5.36. The topological polar surface area (TPSA) is 6.25 Å². The van der Waals surface area contributed by atoms with Crippen molar-refractivity contribution in [3.8, 4) is 0 Å². The molecule has 3 rings (SSSR count). The maximum absolute atomic E-state index is 2.50. The number of nitrogens with zero attached hydrogens (tertiary/aromatic N) is 2. The smallest absolute Gasteiger partial charge is 0.171 e. The molecule has 0 fully saturated rings. The zero-order valence-electron chi connectivity index (χ0n) is 16.5. The number of likely N-dealkylation sites (N-methyl/N-ethyl adjacent to an activating group) is 1. The minimum atomic E-state index is 1.03. The van der Waals surface area contributed by atoms with E-state index in [-0.39, 0.29) is 0 Å². The summed E-state index contributed by atoms with van der Waals surface area (Å²) in [5.41, 5.74) is 5.72. The van der Waals surface area contributed by atoms with Crippen LogP contribution in [0.1, 0.15) is 48.4 Å². The maximum Gasteiger partial charge on any atom is 0.171 e. The molecule has 138 valence electrons. The molecule has 0 N–H and O–H groups in total. The lowest BCUT2D eigenvalue weighted by Crippen LogP contribution is -2.32. The van der Waals surface area contributed by atoms with Gasteiger partial charge in [0.25, 0.3) is 0 Å². The first-order chi connectivity index (χ1) is 12.7. The number of fused-ring (bicyclic) bond motifs is 1. The van der Waals surface area contributed by atoms with Gasteiger partial charge in [-0.15, -0.1) is 0 Å². The summed E-state index contributed by atoms with van der Waals surface area (Å²) in [6, 6.07) is 17.8. The average Bonchev–Trinajstić information content (AvgIpc) is 2.67. The van der Waals surface area contributed by atoms with Gasteiger partial charge in [0.2, 0.25) is 0 Å². The van der Waals surface area contributed by atoms with Gasteiger partial charge in [-0.3, -0.25) is 0 Å². The second-order valence-corrected chi connectivity index (χ2v) is 7.62. The van der Waals surface area contributed by atoms with Crippen molar-refractivity contribution in [3.63, 3.8) is 0 Å². The van der Waals surface area contributed by atoms with Crippen molar-refractivity contribution >= 4 is 6.21 Å². The first-order valence-corrected chi connectivity index (χ1v) is 10.2. The molecule has 0 aliphatic carbocycles. The first-order valence-electron chi connectivity index (χ1n) is 10.2. The van der Waals surface area contributed by atoms with Gasteiger partial charge in [-0.1, -0.05) is 62.2 Å². The summed E-state index contributed by atoms with van der Waals surface area (Å²) in [5, 5.41) is 0. The van der Waals surface area contributed by atoms with Gasteiger partial charge in [0.15, 0.2) is 12.8 Å². The van der Waals surface area contributed by atoms with Gasteiger partial charge in [0.05, 0.1) is 6.54 Å². The molecule has 1 heterocycles. The molecule has 0 saturated carbocycles. The van der Waals surface area contributed by atoms with Crippen molar-refractivity contribution in [2.75, 3.05) is 33.2 Å². The zero-order valence-corrected chi connectivity index (χ0v) is 16.5. The molecule has 1 aliphatic rings. The zero-order chi connectivity index (χ0) is 18.2. The van der Waals surface area contributed by atoms with Crippen LogP contribution in [0.2, 0.25) is 0 Å². The van der Waals surface area contributed by atoms with Gasteiger partial charge in [-0.25, -0.2) is 4.58 Å². The fraction of sp³-hybridized carbons (Fsp3) is 0.458. The number of hydrogen-bond donors (Lipinski definition) is 0. The van der Waals surface area contributed by atoms with Crippen LogP contribution in [0, 0.1) is 0 Å². The largest absolute Gasteiger partial charge is 0.300 e. The molecule has 0 unspecified atom stereocenters. The van der Waals surface area contributed by atoms with Crippen LogP contribution in [0.5, 0.6) is 0 Å². The predicted octanol–water partition coefficient (Wildman–Crippen LogP) is 4.39. The highest BCUT2D eigenvalue weighted by Crippen LogP contribution is 2.17. The van der Waals surface area contributed by atoms with E-state index < -0.39 is 0 Å². The summed E-state index contributed by atoms with van der Waals surface area (Å²) in [7, 11) is 2.25. The number of hydrogen-bond acceptors (Lipinski definition) is 1. The van der Waals surface area contributed by atoms with Gasteiger partial charge in [-0.05, 0) is 49.2 Å². The molecule has 0 amide bonds. The Hall–Kier alpha value is -1.93. The Morgan fingerprint density at radius 2 is 1.81 bits per heavy atom. The highest BCUT2D eigenvalue weighted by Gasteiger charge is 2.16. The molecular weight excluding hydrogens is 316 g/mol. The third-order valence-corrected chi connectivity index (χ3v) is 5.36. The summed E-state index contributed by atoms with van der Waals surface area (Å²) in [4.78, 5) is 2.47. The quantitative estimate of drug-likeness (QED) is 0.481. The molecule has 0 radical (unpaired) electrons. The predicted molar refractivity (Wildman–Crippen MR) is 112 cm³/mol. The Labute approximate surface area is 159 Å². The molecule has 2 aromatic carbocycles. The van der Waals surface area contributed by atoms with Gasteiger partial charge < -0.3 is 4.90 Å². The van der Waals surface area contributed by atoms with Crippen molar-refractivity contribution in [3.05, 3.63) is 70.8 Å². The van der Waals surface area contributed by atoms with Gasteiger partial charge >= 0.3 is 0 Å². The van der Waals surface area contributed by atoms with Crippen LogP contribution in [-0.2, 0) is 12.8 Å².